The zero-order valence-electron chi connectivity index (χ0n) is 11.1. The molecular formula is C11H13IN6O4. The maximum Gasteiger partial charge on any atom is 0.351 e. The minimum absolute atomic E-state index is 0.0361. The predicted octanol–water partition coefficient (Wildman–Crippen LogP) is -0.247. The molecule has 0 saturated carbocycles. The van der Waals surface area contributed by atoms with Crippen LogP contribution >= 0.6 is 21.3 Å². The highest BCUT2D eigenvalue weighted by Gasteiger charge is 2.55. The minimum atomic E-state index is -1.71. The van der Waals surface area contributed by atoms with Gasteiger partial charge in [0.15, 0.2) is 27.5 Å². The van der Waals surface area contributed by atoms with Crippen molar-refractivity contribution in [3.63, 3.8) is 0 Å². The fraction of sp³-hybridized carbons (Fsp3) is 0.455. The van der Waals surface area contributed by atoms with Gasteiger partial charge in [0.2, 0.25) is 5.72 Å². The summed E-state index contributed by atoms with van der Waals surface area (Å²) in [6, 6.07) is 1.38. The Bertz CT molecular complexity index is 701. The van der Waals surface area contributed by atoms with Gasteiger partial charge >= 0.3 is 5.69 Å². The summed E-state index contributed by atoms with van der Waals surface area (Å²) < 4.78 is 13.8. The summed E-state index contributed by atoms with van der Waals surface area (Å²) in [5.41, 5.74) is 9.82. The van der Waals surface area contributed by atoms with E-state index in [2.05, 4.69) is 17.4 Å². The number of nitrogen functional groups attached to an aromatic ring is 1. The molecule has 1 fully saturated rings. The third-order valence-corrected chi connectivity index (χ3v) is 4.45. The maximum atomic E-state index is 11.9. The molecule has 0 aliphatic carbocycles. The topological polar surface area (TPSA) is 159 Å². The van der Waals surface area contributed by atoms with Gasteiger partial charge in [-0.05, 0) is 6.07 Å². The van der Waals surface area contributed by atoms with Crippen LogP contribution in [0.3, 0.4) is 0 Å². The van der Waals surface area contributed by atoms with Crippen molar-refractivity contribution in [1.82, 2.24) is 9.55 Å². The van der Waals surface area contributed by atoms with Gasteiger partial charge in [0.1, 0.15) is 11.9 Å². The van der Waals surface area contributed by atoms with E-state index in [4.69, 9.17) is 22.4 Å². The van der Waals surface area contributed by atoms with Gasteiger partial charge in [0, 0.05) is 6.20 Å². The highest BCUT2D eigenvalue weighted by molar-refractivity contribution is 14.1. The van der Waals surface area contributed by atoms with Crippen LogP contribution in [-0.4, -0.2) is 38.2 Å². The third kappa shape index (κ3) is 2.77. The lowest BCUT2D eigenvalue weighted by atomic mass is 9.97. The Hall–Kier alpha value is -1.75. The molecule has 11 heteroatoms. The van der Waals surface area contributed by atoms with Crippen molar-refractivity contribution in [1.29, 1.82) is 5.53 Å². The van der Waals surface area contributed by atoms with Crippen molar-refractivity contribution in [3.8, 4) is 12.3 Å². The fourth-order valence-corrected chi connectivity index (χ4v) is 3.15. The number of ether oxygens (including phenoxy) is 1. The van der Waals surface area contributed by atoms with Crippen molar-refractivity contribution >= 4 is 27.1 Å². The lowest BCUT2D eigenvalue weighted by molar-refractivity contribution is -0.120. The van der Waals surface area contributed by atoms with Crippen molar-refractivity contribution in [3.05, 3.63) is 22.7 Å². The standard InChI is InChI=1S/C11H13IN6O4/c1-2-6-8(20)11(5-19,16-12-17-14)22-9(6)18-4-3-7(13)15-10(18)21/h1,3-4,6,8-9,14,19-20H,5H2,(H2,13,15,21)/t6-,8-,9+,11+/m0/s1. The Morgan fingerprint density at radius 1 is 1.73 bits per heavy atom. The van der Waals surface area contributed by atoms with Gasteiger partial charge in [-0.3, -0.25) is 4.57 Å². The number of nitrogens with zero attached hydrogens (tertiary/aromatic N) is 4. The molecule has 5 N–H and O–H groups in total. The van der Waals surface area contributed by atoms with E-state index in [1.807, 2.05) is 0 Å². The van der Waals surface area contributed by atoms with E-state index in [1.54, 1.807) is 0 Å². The Balaban J connectivity index is 2.49. The second-order valence-electron chi connectivity index (χ2n) is 4.44. The molecular weight excluding hydrogens is 407 g/mol. The fourth-order valence-electron chi connectivity index (χ4n) is 2.12. The molecule has 0 bridgehead atoms. The number of nitrogens with one attached hydrogen (secondary N) is 1. The summed E-state index contributed by atoms with van der Waals surface area (Å²) >= 11 is -1.32. The lowest BCUT2D eigenvalue weighted by Crippen LogP contribution is -2.42. The van der Waals surface area contributed by atoms with Gasteiger partial charge < -0.3 is 20.7 Å². The number of terminal acetylenes is 1. The first-order valence-electron chi connectivity index (χ1n) is 5.99. The number of hydrogen-bond donors (Lipinski definition) is 4. The number of hydrogen-bond acceptors (Lipinski definition) is 8. The van der Waals surface area contributed by atoms with E-state index < -0.39 is 57.6 Å². The predicted molar refractivity (Wildman–Crippen MR) is 82.8 cm³/mol. The number of nitrogens with two attached hydrogens (primary N) is 1. The molecule has 1 aliphatic heterocycles. The molecule has 0 spiro atoms. The monoisotopic (exact) mass is 420 g/mol. The molecule has 1 aromatic rings. The van der Waals surface area contributed by atoms with Crippen molar-refractivity contribution < 1.29 is 14.9 Å². The Morgan fingerprint density at radius 2 is 2.45 bits per heavy atom. The molecule has 1 saturated heterocycles. The number of aromatic nitrogens is 2. The molecule has 0 aromatic carbocycles. The Kier molecular flexibility index (Phi) is 4.96. The molecule has 1 aromatic heterocycles. The summed E-state index contributed by atoms with van der Waals surface area (Å²) in [5, 5.41) is 19.9. The van der Waals surface area contributed by atoms with Crippen LogP contribution in [0.25, 0.3) is 0 Å². The van der Waals surface area contributed by atoms with Gasteiger partial charge in [0.05, 0.1) is 12.5 Å². The van der Waals surface area contributed by atoms with Crippen molar-refractivity contribution in [2.75, 3.05) is 12.3 Å². The normalized spacial score (nSPS) is 31.6. The Morgan fingerprint density at radius 3 is 3.00 bits per heavy atom. The molecule has 22 heavy (non-hydrogen) atoms. The van der Waals surface area contributed by atoms with Crippen molar-refractivity contribution in [2.45, 2.75) is 18.1 Å². The third-order valence-electron chi connectivity index (χ3n) is 3.20. The number of anilines is 1. The van der Waals surface area contributed by atoms with E-state index >= 15 is 0 Å². The van der Waals surface area contributed by atoms with E-state index in [9.17, 15) is 15.0 Å². The first-order valence-corrected chi connectivity index (χ1v) is 7.92. The molecule has 2 heterocycles. The summed E-state index contributed by atoms with van der Waals surface area (Å²) in [6.45, 7) is -0.658. The van der Waals surface area contributed by atoms with E-state index in [1.165, 1.54) is 12.3 Å². The number of halogens is 1. The maximum absolute atomic E-state index is 11.9. The van der Waals surface area contributed by atoms with Gasteiger partial charge in [-0.15, -0.1) is 9.75 Å². The van der Waals surface area contributed by atoms with Crippen LogP contribution in [0.4, 0.5) is 5.82 Å². The van der Waals surface area contributed by atoms with E-state index in [-0.39, 0.29) is 5.82 Å². The van der Waals surface area contributed by atoms with Gasteiger partial charge in [-0.25, -0.2) is 4.79 Å². The minimum Gasteiger partial charge on any atom is -0.391 e. The van der Waals surface area contributed by atoms with Crippen LogP contribution in [0.1, 0.15) is 6.23 Å². The Labute approximate surface area is 135 Å². The summed E-state index contributed by atoms with van der Waals surface area (Å²) in [5.74, 6) is 1.44. The average Bonchev–Trinajstić information content (AvgIpc) is 2.78. The van der Waals surface area contributed by atoms with Crippen LogP contribution in [0.15, 0.2) is 23.5 Å². The quantitative estimate of drug-likeness (QED) is 0.299. The molecule has 10 nitrogen and oxygen atoms in total. The molecule has 2 rings (SSSR count). The highest BCUT2D eigenvalue weighted by Crippen LogP contribution is 2.42. The van der Waals surface area contributed by atoms with Gasteiger partial charge in [-0.2, -0.15) is 13.7 Å². The average molecular weight is 420 g/mol. The largest absolute Gasteiger partial charge is 0.391 e. The van der Waals surface area contributed by atoms with Crippen LogP contribution < -0.4 is 11.4 Å². The van der Waals surface area contributed by atoms with E-state index in [0.717, 1.165) is 4.57 Å². The molecule has 0 unspecified atom stereocenters. The van der Waals surface area contributed by atoms with Crippen molar-refractivity contribution in [2.24, 2.45) is 12.4 Å². The summed E-state index contributed by atoms with van der Waals surface area (Å²) in [6.07, 6.45) is 4.34. The van der Waals surface area contributed by atoms with Crippen LogP contribution in [0, 0.1) is 23.8 Å². The first-order chi connectivity index (χ1) is 10.5. The summed E-state index contributed by atoms with van der Waals surface area (Å²) in [4.78, 5) is 15.5. The molecule has 1 aliphatic rings. The molecule has 0 amide bonds. The van der Waals surface area contributed by atoms with Crippen LogP contribution in [0.5, 0.6) is 0 Å². The first kappa shape index (κ1) is 16.6. The van der Waals surface area contributed by atoms with E-state index in [0.29, 0.717) is 0 Å². The second-order valence-corrected chi connectivity index (χ2v) is 5.83. The lowest BCUT2D eigenvalue weighted by Gasteiger charge is -2.24. The molecule has 4 atom stereocenters. The summed E-state index contributed by atoms with van der Waals surface area (Å²) in [7, 11) is 0. The number of aliphatic hydroxyl groups is 2. The van der Waals surface area contributed by atoms with Crippen LogP contribution in [-0.2, 0) is 4.74 Å². The number of rotatable bonds is 4. The van der Waals surface area contributed by atoms with Crippen LogP contribution in [0.2, 0.25) is 0 Å². The SMILES string of the molecule is C#C[C@@H]1[C@H](n2ccc(N)nc2=O)O[C@@](CO)(N=IN=N)[C@H]1O. The number of aliphatic hydroxyl groups excluding tert-OH is 2. The zero-order valence-corrected chi connectivity index (χ0v) is 13.3. The van der Waals surface area contributed by atoms with Gasteiger partial charge in [0.25, 0.3) is 0 Å². The second kappa shape index (κ2) is 6.57. The molecule has 0 radical (unpaired) electrons. The zero-order chi connectivity index (χ0) is 16.3. The smallest absolute Gasteiger partial charge is 0.351 e. The molecule has 118 valence electrons. The van der Waals surface area contributed by atoms with Gasteiger partial charge in [-0.1, -0.05) is 5.92 Å². The highest BCUT2D eigenvalue weighted by atomic mass is 127.